The van der Waals surface area contributed by atoms with Crippen LogP contribution in [-0.2, 0) is 14.2 Å². The number of nitrogens with zero attached hydrogens (tertiary/aromatic N) is 2. The van der Waals surface area contributed by atoms with Gasteiger partial charge in [-0.25, -0.2) is 0 Å². The van der Waals surface area contributed by atoms with E-state index in [2.05, 4.69) is 16.3 Å². The lowest BCUT2D eigenvalue weighted by Gasteiger charge is -2.23. The number of aromatic nitrogens is 2. The molecule has 1 atom stereocenters. The summed E-state index contributed by atoms with van der Waals surface area (Å²) in [5, 5.41) is 27.0. The highest BCUT2D eigenvalue weighted by Crippen LogP contribution is 2.41. The van der Waals surface area contributed by atoms with E-state index >= 15 is 0 Å². The minimum absolute atomic E-state index is 0.186. The third-order valence-corrected chi connectivity index (χ3v) is 4.79. The Bertz CT molecular complexity index is 944. The number of nitrogens with two attached hydrogens (primary N) is 1. The van der Waals surface area contributed by atoms with Gasteiger partial charge in [-0.2, -0.15) is 5.10 Å². The number of nitrogen functional groups attached to an aromatic ring is 1. The number of aryl methyl sites for hydroxylation is 1. The van der Waals surface area contributed by atoms with Gasteiger partial charge in [-0.05, 0) is 42.6 Å². The van der Waals surface area contributed by atoms with Gasteiger partial charge in [0.1, 0.15) is 5.76 Å². The van der Waals surface area contributed by atoms with Crippen LogP contribution in [-0.4, -0.2) is 47.6 Å². The van der Waals surface area contributed by atoms with Crippen LogP contribution in [0.15, 0.2) is 35.5 Å². The minimum Gasteiger partial charge on any atom is -0.496 e. The summed E-state index contributed by atoms with van der Waals surface area (Å²) in [5.74, 6) is 1.36. The first kappa shape index (κ1) is 18.9. The van der Waals surface area contributed by atoms with Gasteiger partial charge < -0.3 is 25.3 Å². The van der Waals surface area contributed by atoms with Crippen LogP contribution in [0.3, 0.4) is 0 Å². The van der Waals surface area contributed by atoms with Gasteiger partial charge in [0.25, 0.3) is 6.47 Å². The zero-order valence-corrected chi connectivity index (χ0v) is 15.0. The predicted molar refractivity (Wildman–Crippen MR) is 101 cm³/mol. The zero-order chi connectivity index (χ0) is 19.6. The van der Waals surface area contributed by atoms with Gasteiger partial charge in [-0.1, -0.05) is 6.07 Å². The maximum absolute atomic E-state index is 10.3. The summed E-state index contributed by atoms with van der Waals surface area (Å²) in [5.41, 5.74) is 9.49. The molecular weight excluding hydrogens is 349 g/mol. The van der Waals surface area contributed by atoms with E-state index in [0.29, 0.717) is 12.4 Å². The Morgan fingerprint density at radius 3 is 2.81 bits per heavy atom. The molecule has 2 aliphatic rings. The second kappa shape index (κ2) is 7.77. The van der Waals surface area contributed by atoms with Crippen LogP contribution in [0.5, 0.6) is 0 Å². The lowest BCUT2D eigenvalue weighted by Crippen LogP contribution is -2.19. The fourth-order valence-electron chi connectivity index (χ4n) is 3.56. The van der Waals surface area contributed by atoms with Crippen molar-refractivity contribution in [3.63, 3.8) is 0 Å². The van der Waals surface area contributed by atoms with Gasteiger partial charge in [-0.3, -0.25) is 4.79 Å². The number of benzene rings is 1. The SMILES string of the molecule is COC1=CCC2COB(O)C2=C1c1ccc2c(N)nnc(C)c2c1.O=CO. The van der Waals surface area contributed by atoms with Gasteiger partial charge in [0.2, 0.25) is 0 Å². The van der Waals surface area contributed by atoms with E-state index in [-0.39, 0.29) is 12.4 Å². The van der Waals surface area contributed by atoms with Crippen molar-refractivity contribution in [2.75, 3.05) is 19.5 Å². The molecule has 0 saturated carbocycles. The second-order valence-corrected chi connectivity index (χ2v) is 6.26. The smallest absolute Gasteiger partial charge is 0.488 e. The first-order valence-electron chi connectivity index (χ1n) is 8.40. The first-order valence-corrected chi connectivity index (χ1v) is 8.40. The van der Waals surface area contributed by atoms with Crippen LogP contribution in [0.2, 0.25) is 0 Å². The molecule has 1 unspecified atom stereocenters. The number of allylic oxidation sites excluding steroid dienone is 2. The van der Waals surface area contributed by atoms with Gasteiger partial charge >= 0.3 is 7.12 Å². The normalized spacial score (nSPS) is 18.6. The molecule has 140 valence electrons. The van der Waals surface area contributed by atoms with Crippen molar-refractivity contribution >= 4 is 35.8 Å². The summed E-state index contributed by atoms with van der Waals surface area (Å²) >= 11 is 0. The summed E-state index contributed by atoms with van der Waals surface area (Å²) in [6, 6.07) is 5.94. The van der Waals surface area contributed by atoms with Crippen LogP contribution >= 0.6 is 0 Å². The molecule has 1 fully saturated rings. The van der Waals surface area contributed by atoms with Crippen LogP contribution in [0, 0.1) is 12.8 Å². The van der Waals surface area contributed by atoms with Crippen LogP contribution in [0.1, 0.15) is 17.7 Å². The average molecular weight is 369 g/mol. The van der Waals surface area contributed by atoms with E-state index in [9.17, 15) is 5.02 Å². The molecule has 0 bridgehead atoms. The highest BCUT2D eigenvalue weighted by atomic mass is 16.5. The van der Waals surface area contributed by atoms with Crippen LogP contribution in [0.25, 0.3) is 16.3 Å². The van der Waals surface area contributed by atoms with E-state index in [1.807, 2.05) is 25.1 Å². The van der Waals surface area contributed by atoms with Crippen molar-refractivity contribution in [3.05, 3.63) is 46.8 Å². The second-order valence-electron chi connectivity index (χ2n) is 6.26. The molecule has 4 rings (SSSR count). The molecule has 8 nitrogen and oxygen atoms in total. The molecule has 1 aliphatic heterocycles. The number of fused-ring (bicyclic) bond motifs is 2. The molecule has 1 aromatic carbocycles. The molecule has 1 aromatic heterocycles. The molecule has 0 amide bonds. The topological polar surface area (TPSA) is 128 Å². The third-order valence-electron chi connectivity index (χ3n) is 4.79. The lowest BCUT2D eigenvalue weighted by molar-refractivity contribution is -0.122. The maximum Gasteiger partial charge on any atom is 0.488 e. The number of methoxy groups -OCH3 is 1. The Labute approximate surface area is 156 Å². The van der Waals surface area contributed by atoms with E-state index < -0.39 is 7.12 Å². The fourth-order valence-corrected chi connectivity index (χ4v) is 3.56. The molecule has 0 radical (unpaired) electrons. The molecule has 2 heterocycles. The largest absolute Gasteiger partial charge is 0.496 e. The van der Waals surface area contributed by atoms with Crippen LogP contribution in [0.4, 0.5) is 5.82 Å². The zero-order valence-electron chi connectivity index (χ0n) is 15.0. The highest BCUT2D eigenvalue weighted by molar-refractivity contribution is 6.55. The number of rotatable bonds is 2. The van der Waals surface area contributed by atoms with Crippen molar-refractivity contribution in [3.8, 4) is 0 Å². The summed E-state index contributed by atoms with van der Waals surface area (Å²) in [4.78, 5) is 8.36. The average Bonchev–Trinajstić information content (AvgIpc) is 3.05. The highest BCUT2D eigenvalue weighted by Gasteiger charge is 2.40. The van der Waals surface area contributed by atoms with Crippen LogP contribution < -0.4 is 5.73 Å². The number of carbonyl (C=O) groups is 1. The van der Waals surface area contributed by atoms with Crippen molar-refractivity contribution in [1.29, 1.82) is 0 Å². The first-order chi connectivity index (χ1) is 13.0. The molecule has 4 N–H and O–H groups in total. The summed E-state index contributed by atoms with van der Waals surface area (Å²) in [7, 11) is 0.756. The lowest BCUT2D eigenvalue weighted by atomic mass is 9.67. The molecule has 9 heteroatoms. The third kappa shape index (κ3) is 3.39. The molecule has 27 heavy (non-hydrogen) atoms. The summed E-state index contributed by atoms with van der Waals surface area (Å²) < 4.78 is 11.0. The molecule has 0 spiro atoms. The quantitative estimate of drug-likeness (QED) is 0.538. The van der Waals surface area contributed by atoms with E-state index in [0.717, 1.165) is 45.3 Å². The molecule has 2 aromatic rings. The van der Waals surface area contributed by atoms with Crippen molar-refractivity contribution in [2.24, 2.45) is 5.92 Å². The number of anilines is 1. The Morgan fingerprint density at radius 2 is 2.11 bits per heavy atom. The van der Waals surface area contributed by atoms with E-state index in [4.69, 9.17) is 25.0 Å². The Balaban J connectivity index is 0.000000659. The van der Waals surface area contributed by atoms with Gasteiger partial charge in [0.15, 0.2) is 5.82 Å². The number of hydrogen-bond acceptors (Lipinski definition) is 7. The van der Waals surface area contributed by atoms with Crippen molar-refractivity contribution in [2.45, 2.75) is 13.3 Å². The Hall–Kier alpha value is -2.91. The van der Waals surface area contributed by atoms with Crippen molar-refractivity contribution < 1.29 is 24.3 Å². The van der Waals surface area contributed by atoms with E-state index in [1.54, 1.807) is 7.11 Å². The Kier molecular flexibility index (Phi) is 5.43. The maximum atomic E-state index is 10.3. The standard InChI is InChI=1S/C17H18BN3O3.CH2O2/c1-9-13-7-10(3-5-12(13)17(19)21-20-9)15-14(23-2)6-4-11-8-24-18(22)16(11)15;2-1-3/h3,5-7,11,22H,4,8H2,1-2H3,(H2,19,21);1H,(H,2,3). The number of ether oxygens (including phenoxy) is 1. The minimum atomic E-state index is -0.888. The predicted octanol–water partition coefficient (Wildman–Crippen LogP) is 1.57. The molecular formula is C18H20BN3O5. The number of hydrogen-bond donors (Lipinski definition) is 3. The van der Waals surface area contributed by atoms with Gasteiger partial charge in [0, 0.05) is 28.9 Å². The summed E-state index contributed by atoms with van der Waals surface area (Å²) in [6.45, 7) is 2.18. The molecule has 1 saturated heterocycles. The van der Waals surface area contributed by atoms with E-state index in [1.165, 1.54) is 0 Å². The van der Waals surface area contributed by atoms with Crippen molar-refractivity contribution in [1.82, 2.24) is 10.2 Å². The Morgan fingerprint density at radius 1 is 1.37 bits per heavy atom. The summed E-state index contributed by atoms with van der Waals surface area (Å²) in [6.07, 6.45) is 2.87. The fraction of sp³-hybridized carbons (Fsp3) is 0.278. The monoisotopic (exact) mass is 369 g/mol. The molecule has 1 aliphatic carbocycles. The van der Waals surface area contributed by atoms with Gasteiger partial charge in [0.05, 0.1) is 12.8 Å². The van der Waals surface area contributed by atoms with Gasteiger partial charge in [-0.15, -0.1) is 5.10 Å². The number of carboxylic acid groups (broad SMARTS) is 1.